The van der Waals surface area contributed by atoms with E-state index in [9.17, 15) is 10.1 Å². The van der Waals surface area contributed by atoms with Gasteiger partial charge in [-0.25, -0.2) is 9.97 Å². The molecule has 1 rings (SSSR count). The van der Waals surface area contributed by atoms with Crippen LogP contribution in [-0.4, -0.2) is 21.1 Å². The highest BCUT2D eigenvalue weighted by molar-refractivity contribution is 7.98. The predicted octanol–water partition coefficient (Wildman–Crippen LogP) is 1.04. The van der Waals surface area contributed by atoms with Crippen LogP contribution in [0.2, 0.25) is 0 Å². The minimum atomic E-state index is -0.507. The van der Waals surface area contributed by atoms with Crippen LogP contribution in [0.25, 0.3) is 0 Å². The molecule has 0 unspecified atom stereocenters. The van der Waals surface area contributed by atoms with Crippen LogP contribution >= 0.6 is 11.8 Å². The number of nitro groups is 1. The molecule has 0 saturated heterocycles. The SMILES string of the molecule is CSc1ncc([N+](=O)[O-])[nH]1. The van der Waals surface area contributed by atoms with E-state index in [1.54, 1.807) is 6.26 Å². The minimum Gasteiger partial charge on any atom is -0.358 e. The molecule has 0 radical (unpaired) electrons. The van der Waals surface area contributed by atoms with Crippen molar-refractivity contribution in [3.8, 4) is 0 Å². The number of thioether (sulfide) groups is 1. The molecule has 0 amide bonds. The molecule has 0 atom stereocenters. The van der Waals surface area contributed by atoms with E-state index in [2.05, 4.69) is 9.97 Å². The summed E-state index contributed by atoms with van der Waals surface area (Å²) in [6, 6.07) is 0. The Kier molecular flexibility index (Phi) is 1.91. The van der Waals surface area contributed by atoms with Gasteiger partial charge in [-0.15, -0.1) is 0 Å². The van der Waals surface area contributed by atoms with Gasteiger partial charge in [-0.05, 0) is 11.2 Å². The Morgan fingerprint density at radius 1 is 1.90 bits per heavy atom. The summed E-state index contributed by atoms with van der Waals surface area (Å²) in [5.41, 5.74) is 0. The molecule has 0 fully saturated rings. The second-order valence-electron chi connectivity index (χ2n) is 1.53. The van der Waals surface area contributed by atoms with Crippen LogP contribution in [0.3, 0.4) is 0 Å². The number of hydrogen-bond donors (Lipinski definition) is 1. The fourth-order valence-corrected chi connectivity index (χ4v) is 0.855. The van der Waals surface area contributed by atoms with Gasteiger partial charge in [0, 0.05) is 0 Å². The van der Waals surface area contributed by atoms with Crippen molar-refractivity contribution in [2.24, 2.45) is 0 Å². The van der Waals surface area contributed by atoms with Crippen molar-refractivity contribution in [2.75, 3.05) is 6.26 Å². The lowest BCUT2D eigenvalue weighted by Gasteiger charge is -1.84. The predicted molar refractivity (Wildman–Crippen MR) is 37.0 cm³/mol. The first-order valence-electron chi connectivity index (χ1n) is 2.47. The minimum absolute atomic E-state index is 0.0654. The average Bonchev–Trinajstić information content (AvgIpc) is 2.34. The van der Waals surface area contributed by atoms with Gasteiger partial charge in [-0.3, -0.25) is 0 Å². The van der Waals surface area contributed by atoms with E-state index in [-0.39, 0.29) is 5.82 Å². The summed E-state index contributed by atoms with van der Waals surface area (Å²) in [5, 5.41) is 10.6. The third-order valence-electron chi connectivity index (χ3n) is 0.929. The highest BCUT2D eigenvalue weighted by Crippen LogP contribution is 2.13. The molecule has 1 aromatic heterocycles. The van der Waals surface area contributed by atoms with E-state index in [0.29, 0.717) is 5.16 Å². The maximum Gasteiger partial charge on any atom is 0.341 e. The molecule has 0 aliphatic carbocycles. The second-order valence-corrected chi connectivity index (χ2v) is 2.33. The molecular weight excluding hydrogens is 154 g/mol. The second kappa shape index (κ2) is 2.70. The zero-order valence-corrected chi connectivity index (χ0v) is 6.01. The van der Waals surface area contributed by atoms with Gasteiger partial charge >= 0.3 is 5.82 Å². The molecule has 5 nitrogen and oxygen atoms in total. The van der Waals surface area contributed by atoms with Gasteiger partial charge in [-0.1, -0.05) is 11.8 Å². The highest BCUT2D eigenvalue weighted by atomic mass is 32.2. The van der Waals surface area contributed by atoms with Crippen LogP contribution in [0.15, 0.2) is 11.4 Å². The zero-order chi connectivity index (χ0) is 7.56. The quantitative estimate of drug-likeness (QED) is 0.397. The average molecular weight is 159 g/mol. The van der Waals surface area contributed by atoms with Crippen molar-refractivity contribution in [3.05, 3.63) is 16.3 Å². The smallest absolute Gasteiger partial charge is 0.341 e. The summed E-state index contributed by atoms with van der Waals surface area (Å²) in [6.07, 6.45) is 2.99. The first kappa shape index (κ1) is 7.07. The third kappa shape index (κ3) is 1.27. The van der Waals surface area contributed by atoms with Crippen LogP contribution in [0.1, 0.15) is 0 Å². The van der Waals surface area contributed by atoms with E-state index < -0.39 is 4.92 Å². The van der Waals surface area contributed by atoms with Crippen LogP contribution in [0, 0.1) is 10.1 Å². The summed E-state index contributed by atoms with van der Waals surface area (Å²) < 4.78 is 0. The van der Waals surface area contributed by atoms with Crippen molar-refractivity contribution >= 4 is 17.6 Å². The molecule has 1 aromatic rings. The molecular formula is C4H5N3O2S. The number of imidazole rings is 1. The van der Waals surface area contributed by atoms with Crippen molar-refractivity contribution in [1.82, 2.24) is 9.97 Å². The summed E-state index contributed by atoms with van der Waals surface area (Å²) in [6.45, 7) is 0. The Morgan fingerprint density at radius 2 is 2.60 bits per heavy atom. The fraction of sp³-hybridized carbons (Fsp3) is 0.250. The number of hydrogen-bond acceptors (Lipinski definition) is 4. The lowest BCUT2D eigenvalue weighted by atomic mass is 10.8. The van der Waals surface area contributed by atoms with E-state index in [1.165, 1.54) is 18.0 Å². The summed E-state index contributed by atoms with van der Waals surface area (Å²) in [4.78, 5) is 15.8. The molecule has 1 N–H and O–H groups in total. The molecule has 1 heterocycles. The highest BCUT2D eigenvalue weighted by Gasteiger charge is 2.07. The van der Waals surface area contributed by atoms with E-state index >= 15 is 0 Å². The van der Waals surface area contributed by atoms with Crippen molar-refractivity contribution < 1.29 is 4.92 Å². The lowest BCUT2D eigenvalue weighted by Crippen LogP contribution is -1.86. The van der Waals surface area contributed by atoms with Gasteiger partial charge < -0.3 is 10.1 Å². The molecule has 0 aromatic carbocycles. The lowest BCUT2D eigenvalue weighted by molar-refractivity contribution is -0.389. The number of aromatic amines is 1. The number of nitrogens with one attached hydrogen (secondary N) is 1. The number of rotatable bonds is 2. The monoisotopic (exact) mass is 159 g/mol. The Labute approximate surface area is 61.0 Å². The maximum absolute atomic E-state index is 10.1. The van der Waals surface area contributed by atoms with Gasteiger partial charge in [-0.2, -0.15) is 0 Å². The number of nitrogens with zero attached hydrogens (tertiary/aromatic N) is 2. The molecule has 0 spiro atoms. The fourth-order valence-electron chi connectivity index (χ4n) is 0.490. The molecule has 0 saturated carbocycles. The summed E-state index contributed by atoms with van der Waals surface area (Å²) in [5.74, 6) is -0.0654. The van der Waals surface area contributed by atoms with Gasteiger partial charge in [0.05, 0.1) is 0 Å². The first-order chi connectivity index (χ1) is 4.74. The van der Waals surface area contributed by atoms with Crippen LogP contribution in [0.5, 0.6) is 0 Å². The largest absolute Gasteiger partial charge is 0.358 e. The number of H-pyrrole nitrogens is 1. The summed E-state index contributed by atoms with van der Waals surface area (Å²) >= 11 is 1.34. The van der Waals surface area contributed by atoms with Gasteiger partial charge in [0.25, 0.3) is 5.16 Å². The van der Waals surface area contributed by atoms with Crippen molar-refractivity contribution in [2.45, 2.75) is 5.16 Å². The molecule has 0 aliphatic rings. The molecule has 0 aliphatic heterocycles. The molecule has 0 bridgehead atoms. The van der Waals surface area contributed by atoms with Crippen molar-refractivity contribution in [1.29, 1.82) is 0 Å². The van der Waals surface area contributed by atoms with E-state index in [4.69, 9.17) is 0 Å². The summed E-state index contributed by atoms with van der Waals surface area (Å²) in [7, 11) is 0. The topological polar surface area (TPSA) is 71.8 Å². The Bertz CT molecular complexity index is 246. The van der Waals surface area contributed by atoms with Gasteiger partial charge in [0.1, 0.15) is 6.20 Å². The van der Waals surface area contributed by atoms with Crippen LogP contribution < -0.4 is 0 Å². The molecule has 10 heavy (non-hydrogen) atoms. The van der Waals surface area contributed by atoms with Crippen LogP contribution in [0.4, 0.5) is 5.82 Å². The zero-order valence-electron chi connectivity index (χ0n) is 5.20. The van der Waals surface area contributed by atoms with Crippen LogP contribution in [-0.2, 0) is 0 Å². The molecule has 54 valence electrons. The van der Waals surface area contributed by atoms with Crippen molar-refractivity contribution in [3.63, 3.8) is 0 Å². The first-order valence-corrected chi connectivity index (χ1v) is 3.70. The normalized spacial score (nSPS) is 9.70. The third-order valence-corrected chi connectivity index (χ3v) is 1.52. The standard InChI is InChI=1S/C4H5N3O2S/c1-10-4-5-2-3(6-4)7(8)9/h2H,1H3,(H,5,6). The Morgan fingerprint density at radius 3 is 2.90 bits per heavy atom. The Balaban J connectivity index is 2.88. The molecule has 6 heteroatoms. The van der Waals surface area contributed by atoms with Gasteiger partial charge in [0.15, 0.2) is 0 Å². The van der Waals surface area contributed by atoms with E-state index in [1.807, 2.05) is 0 Å². The van der Waals surface area contributed by atoms with E-state index in [0.717, 1.165) is 0 Å². The van der Waals surface area contributed by atoms with Gasteiger partial charge in [0.2, 0.25) is 0 Å². The Hall–Kier alpha value is -1.04. The number of aromatic nitrogens is 2. The maximum atomic E-state index is 10.1.